The molecule has 0 radical (unpaired) electrons. The number of aryl methyl sites for hydroxylation is 2. The minimum atomic E-state index is -0.507. The molecule has 2 aromatic heterocycles. The number of carbonyl (C=O) groups is 1. The lowest BCUT2D eigenvalue weighted by atomic mass is 10.2. The largest absolute Gasteiger partial charge is 0.312 e. The molecule has 1 aromatic carbocycles. The van der Waals surface area contributed by atoms with E-state index in [4.69, 9.17) is 0 Å². The fourth-order valence-electron chi connectivity index (χ4n) is 2.95. The molecule has 1 amide bonds. The van der Waals surface area contributed by atoms with E-state index >= 15 is 0 Å². The summed E-state index contributed by atoms with van der Waals surface area (Å²) in [7, 11) is 0. The Morgan fingerprint density at radius 3 is 2.46 bits per heavy atom. The average molecular weight is 386 g/mol. The summed E-state index contributed by atoms with van der Waals surface area (Å²) in [6.07, 6.45) is 0. The summed E-state index contributed by atoms with van der Waals surface area (Å²) in [6, 6.07) is 7.73. The van der Waals surface area contributed by atoms with E-state index in [1.165, 1.54) is 23.7 Å². The van der Waals surface area contributed by atoms with Crippen molar-refractivity contribution in [3.05, 3.63) is 68.9 Å². The van der Waals surface area contributed by atoms with Crippen LogP contribution in [0, 0.1) is 36.7 Å². The molecular weight excluding hydrogens is 367 g/mol. The molecule has 1 N–H and O–H groups in total. The quantitative estimate of drug-likeness (QED) is 0.518. The van der Waals surface area contributed by atoms with Gasteiger partial charge < -0.3 is 5.32 Å². The summed E-state index contributed by atoms with van der Waals surface area (Å²) in [6.45, 7) is 5.06. The van der Waals surface area contributed by atoms with Crippen molar-refractivity contribution in [3.63, 3.8) is 0 Å². The highest BCUT2D eigenvalue weighted by Crippen LogP contribution is 2.22. The topological polar surface area (TPSA) is 108 Å². The van der Waals surface area contributed by atoms with E-state index < -0.39 is 4.92 Å². The molecule has 0 aliphatic carbocycles. The van der Waals surface area contributed by atoms with Gasteiger partial charge in [0.1, 0.15) is 29.6 Å². The number of hydrogen-bond acceptors (Lipinski definition) is 5. The number of benzene rings is 1. The Bertz CT molecular complexity index is 1040. The van der Waals surface area contributed by atoms with Crippen molar-refractivity contribution in [1.29, 1.82) is 0 Å². The third-order valence-corrected chi connectivity index (χ3v) is 4.23. The van der Waals surface area contributed by atoms with Gasteiger partial charge in [0.2, 0.25) is 5.91 Å². The van der Waals surface area contributed by atoms with E-state index in [9.17, 15) is 19.3 Å². The van der Waals surface area contributed by atoms with Crippen LogP contribution in [0.4, 0.5) is 15.9 Å². The van der Waals surface area contributed by atoms with Crippen LogP contribution in [0.25, 0.3) is 0 Å². The second-order valence-corrected chi connectivity index (χ2v) is 6.44. The maximum atomic E-state index is 13.1. The van der Waals surface area contributed by atoms with Gasteiger partial charge >= 0.3 is 5.69 Å². The minimum Gasteiger partial charge on any atom is -0.309 e. The molecule has 9 nitrogen and oxygen atoms in total. The first kappa shape index (κ1) is 19.2. The molecule has 0 atom stereocenters. The highest BCUT2D eigenvalue weighted by Gasteiger charge is 2.23. The van der Waals surface area contributed by atoms with E-state index in [0.717, 1.165) is 5.56 Å². The lowest BCUT2D eigenvalue weighted by Gasteiger charge is -2.10. The number of nitrogens with one attached hydrogen (secondary N) is 1. The number of carbonyl (C=O) groups excluding carboxylic acids is 1. The second-order valence-electron chi connectivity index (χ2n) is 6.44. The normalized spacial score (nSPS) is 10.9. The predicted molar refractivity (Wildman–Crippen MR) is 99.5 cm³/mol. The van der Waals surface area contributed by atoms with Crippen LogP contribution in [-0.4, -0.2) is 30.4 Å². The fourth-order valence-corrected chi connectivity index (χ4v) is 2.95. The van der Waals surface area contributed by atoms with Crippen molar-refractivity contribution < 1.29 is 14.1 Å². The maximum Gasteiger partial charge on any atom is 0.312 e. The van der Waals surface area contributed by atoms with Crippen LogP contribution < -0.4 is 5.32 Å². The zero-order chi connectivity index (χ0) is 20.4. The van der Waals surface area contributed by atoms with E-state index in [2.05, 4.69) is 15.5 Å². The van der Waals surface area contributed by atoms with E-state index in [-0.39, 0.29) is 29.7 Å². The predicted octanol–water partition coefficient (Wildman–Crippen LogP) is 2.74. The van der Waals surface area contributed by atoms with Crippen molar-refractivity contribution in [2.45, 2.75) is 33.9 Å². The number of halogens is 1. The average Bonchev–Trinajstić information content (AvgIpc) is 3.08. The van der Waals surface area contributed by atoms with Crippen molar-refractivity contribution in [2.24, 2.45) is 0 Å². The van der Waals surface area contributed by atoms with Gasteiger partial charge in [-0.25, -0.2) is 9.07 Å². The standard InChI is InChI=1S/C18H19FN6O3/c1-11-8-16(24(21-11)9-14-4-6-15(19)7-5-14)20-17(26)10-23-13(3)18(25(27)28)12(2)22-23/h4-8H,9-10H2,1-3H3,(H,20,26). The molecule has 0 unspecified atom stereocenters. The van der Waals surface area contributed by atoms with Gasteiger partial charge in [-0.3, -0.25) is 19.6 Å². The number of anilines is 1. The molecule has 2 heterocycles. The van der Waals surface area contributed by atoms with Gasteiger partial charge in [-0.05, 0) is 38.5 Å². The molecule has 146 valence electrons. The molecule has 10 heteroatoms. The van der Waals surface area contributed by atoms with E-state index in [0.29, 0.717) is 23.8 Å². The van der Waals surface area contributed by atoms with Gasteiger partial charge in [0.15, 0.2) is 0 Å². The molecule has 0 saturated carbocycles. The van der Waals surface area contributed by atoms with E-state index in [1.54, 1.807) is 36.7 Å². The number of hydrogen-bond donors (Lipinski definition) is 1. The summed E-state index contributed by atoms with van der Waals surface area (Å²) in [5.74, 6) is -0.239. The van der Waals surface area contributed by atoms with Crippen molar-refractivity contribution in [1.82, 2.24) is 19.6 Å². The SMILES string of the molecule is Cc1cc(NC(=O)Cn2nc(C)c([N+](=O)[O-])c2C)n(Cc2ccc(F)cc2)n1. The van der Waals surface area contributed by atoms with Crippen molar-refractivity contribution in [3.8, 4) is 0 Å². The number of amides is 1. The number of nitro groups is 1. The Kier molecular flexibility index (Phi) is 5.21. The molecule has 0 aliphatic heterocycles. The zero-order valence-electron chi connectivity index (χ0n) is 15.6. The smallest absolute Gasteiger partial charge is 0.309 e. The first-order valence-electron chi connectivity index (χ1n) is 8.51. The Morgan fingerprint density at radius 2 is 1.86 bits per heavy atom. The van der Waals surface area contributed by atoms with E-state index in [1.807, 2.05) is 0 Å². The molecular formula is C18H19FN6O3. The van der Waals surface area contributed by atoms with Gasteiger partial charge in [-0.1, -0.05) is 12.1 Å². The second kappa shape index (κ2) is 7.59. The van der Waals surface area contributed by atoms with Crippen LogP contribution >= 0.6 is 0 Å². The van der Waals surface area contributed by atoms with Crippen LogP contribution in [0.2, 0.25) is 0 Å². The van der Waals surface area contributed by atoms with Gasteiger partial charge in [0, 0.05) is 6.07 Å². The zero-order valence-corrected chi connectivity index (χ0v) is 15.6. The first-order chi connectivity index (χ1) is 13.2. The summed E-state index contributed by atoms with van der Waals surface area (Å²) in [5.41, 5.74) is 2.01. The maximum absolute atomic E-state index is 13.1. The van der Waals surface area contributed by atoms with Crippen LogP contribution in [0.15, 0.2) is 30.3 Å². The first-order valence-corrected chi connectivity index (χ1v) is 8.51. The van der Waals surface area contributed by atoms with Crippen LogP contribution in [0.1, 0.15) is 22.6 Å². The Labute approximate surface area is 159 Å². The Hall–Kier alpha value is -3.56. The van der Waals surface area contributed by atoms with Gasteiger partial charge in [-0.2, -0.15) is 10.2 Å². The van der Waals surface area contributed by atoms with Crippen LogP contribution in [0.5, 0.6) is 0 Å². The highest BCUT2D eigenvalue weighted by molar-refractivity contribution is 5.89. The fraction of sp³-hybridized carbons (Fsp3) is 0.278. The van der Waals surface area contributed by atoms with Crippen LogP contribution in [0.3, 0.4) is 0 Å². The summed E-state index contributed by atoms with van der Waals surface area (Å²) in [5, 5.41) is 22.3. The molecule has 28 heavy (non-hydrogen) atoms. The molecule has 0 spiro atoms. The van der Waals surface area contributed by atoms with Crippen molar-refractivity contribution >= 4 is 17.4 Å². The number of aromatic nitrogens is 4. The van der Waals surface area contributed by atoms with Crippen molar-refractivity contribution in [2.75, 3.05) is 5.32 Å². The molecule has 0 saturated heterocycles. The monoisotopic (exact) mass is 386 g/mol. The Balaban J connectivity index is 1.75. The van der Waals surface area contributed by atoms with Gasteiger partial charge in [0.05, 0.1) is 17.2 Å². The summed E-state index contributed by atoms with van der Waals surface area (Å²) >= 11 is 0. The molecule has 0 aliphatic rings. The third kappa shape index (κ3) is 4.05. The van der Waals surface area contributed by atoms with Gasteiger partial charge in [0.25, 0.3) is 0 Å². The number of nitrogens with zero attached hydrogens (tertiary/aromatic N) is 5. The minimum absolute atomic E-state index is 0.0926. The summed E-state index contributed by atoms with van der Waals surface area (Å²) in [4.78, 5) is 23.0. The summed E-state index contributed by atoms with van der Waals surface area (Å²) < 4.78 is 16.0. The van der Waals surface area contributed by atoms with Crippen LogP contribution in [-0.2, 0) is 17.9 Å². The molecule has 0 fully saturated rings. The molecule has 0 bridgehead atoms. The molecule has 3 aromatic rings. The van der Waals surface area contributed by atoms with Gasteiger partial charge in [-0.15, -0.1) is 0 Å². The Morgan fingerprint density at radius 1 is 1.18 bits per heavy atom. The number of rotatable bonds is 6. The highest BCUT2D eigenvalue weighted by atomic mass is 19.1. The lowest BCUT2D eigenvalue weighted by molar-refractivity contribution is -0.386. The molecule has 3 rings (SSSR count). The third-order valence-electron chi connectivity index (χ3n) is 4.23. The lowest BCUT2D eigenvalue weighted by Crippen LogP contribution is -2.22.